The highest BCUT2D eigenvalue weighted by Gasteiger charge is 2.13. The van der Waals surface area contributed by atoms with Gasteiger partial charge in [0.25, 0.3) is 0 Å². The zero-order chi connectivity index (χ0) is 20.4. The fourth-order valence-electron chi connectivity index (χ4n) is 3.54. The fourth-order valence-corrected chi connectivity index (χ4v) is 3.54. The molecule has 0 aliphatic carbocycles. The van der Waals surface area contributed by atoms with Gasteiger partial charge in [-0.2, -0.15) is 14.9 Å². The summed E-state index contributed by atoms with van der Waals surface area (Å²) in [6.45, 7) is 4.91. The van der Waals surface area contributed by atoms with Gasteiger partial charge in [0.2, 0.25) is 0 Å². The van der Waals surface area contributed by atoms with E-state index in [4.69, 9.17) is 4.98 Å². The molecule has 4 aromatic rings. The molecule has 2 aromatic carbocycles. The number of hydrogen-bond donors (Lipinski definition) is 0. The summed E-state index contributed by atoms with van der Waals surface area (Å²) in [4.78, 5) is 6.91. The monoisotopic (exact) mass is 381 g/mol. The van der Waals surface area contributed by atoms with Crippen molar-refractivity contribution in [1.82, 2.24) is 14.6 Å². The van der Waals surface area contributed by atoms with E-state index in [0.29, 0.717) is 5.56 Å². The molecule has 0 spiro atoms. The Bertz CT molecular complexity index is 1200. The third-order valence-corrected chi connectivity index (χ3v) is 5.17. The summed E-state index contributed by atoms with van der Waals surface area (Å²) in [5.41, 5.74) is 6.95. The highest BCUT2D eigenvalue weighted by Crippen LogP contribution is 2.25. The van der Waals surface area contributed by atoms with Gasteiger partial charge in [-0.05, 0) is 36.1 Å². The van der Waals surface area contributed by atoms with Gasteiger partial charge >= 0.3 is 0 Å². The van der Waals surface area contributed by atoms with Crippen molar-refractivity contribution in [3.63, 3.8) is 0 Å². The zero-order valence-electron chi connectivity index (χ0n) is 16.9. The number of benzene rings is 2. The van der Waals surface area contributed by atoms with Crippen LogP contribution in [0.15, 0.2) is 60.8 Å². The number of aryl methyl sites for hydroxylation is 2. The Morgan fingerprint density at radius 1 is 1.10 bits per heavy atom. The first-order valence-electron chi connectivity index (χ1n) is 9.74. The van der Waals surface area contributed by atoms with Crippen molar-refractivity contribution in [2.45, 2.75) is 26.8 Å². The largest absolute Gasteiger partial charge is 0.355 e. The van der Waals surface area contributed by atoms with E-state index >= 15 is 0 Å². The first-order chi connectivity index (χ1) is 14.1. The molecule has 4 rings (SSSR count). The summed E-state index contributed by atoms with van der Waals surface area (Å²) in [6, 6.07) is 20.5. The fraction of sp³-hybridized carbons (Fsp3) is 0.208. The molecule has 0 fully saturated rings. The average Bonchev–Trinajstić information content (AvgIpc) is 3.14. The highest BCUT2D eigenvalue weighted by atomic mass is 15.3. The van der Waals surface area contributed by atoms with Gasteiger partial charge in [-0.15, -0.1) is 0 Å². The summed E-state index contributed by atoms with van der Waals surface area (Å²) in [5.74, 6) is 1.03. The van der Waals surface area contributed by atoms with Crippen LogP contribution in [-0.2, 0) is 13.0 Å². The van der Waals surface area contributed by atoms with Crippen LogP contribution < -0.4 is 4.90 Å². The van der Waals surface area contributed by atoms with Gasteiger partial charge in [-0.1, -0.05) is 49.4 Å². The second-order valence-corrected chi connectivity index (χ2v) is 7.23. The standard InChI is InChI=1S/C24H23N5/c1-4-21-13-23(29-24(27-21)17(2)15-26-29)28(3)16-18-9-11-19(12-10-18)22-8-6-5-7-20(22)14-25/h5-13,15H,4,16H2,1-3H3. The zero-order valence-corrected chi connectivity index (χ0v) is 16.9. The maximum Gasteiger partial charge on any atom is 0.160 e. The van der Waals surface area contributed by atoms with Crippen molar-refractivity contribution in [1.29, 1.82) is 5.26 Å². The molecule has 0 saturated heterocycles. The van der Waals surface area contributed by atoms with Crippen LogP contribution in [0.3, 0.4) is 0 Å². The van der Waals surface area contributed by atoms with E-state index in [0.717, 1.165) is 46.8 Å². The summed E-state index contributed by atoms with van der Waals surface area (Å²) >= 11 is 0. The SMILES string of the molecule is CCc1cc(N(C)Cc2ccc(-c3ccccc3C#N)cc2)n2ncc(C)c2n1. The number of fused-ring (bicyclic) bond motifs is 1. The molecular weight excluding hydrogens is 358 g/mol. The van der Waals surface area contributed by atoms with Crippen LogP contribution in [0.5, 0.6) is 0 Å². The van der Waals surface area contributed by atoms with Crippen LogP contribution in [0, 0.1) is 18.3 Å². The average molecular weight is 381 g/mol. The van der Waals surface area contributed by atoms with E-state index in [1.54, 1.807) is 0 Å². The van der Waals surface area contributed by atoms with Crippen molar-refractivity contribution >= 4 is 11.5 Å². The molecule has 0 saturated carbocycles. The topological polar surface area (TPSA) is 57.2 Å². The summed E-state index contributed by atoms with van der Waals surface area (Å²) in [5, 5.41) is 13.9. The van der Waals surface area contributed by atoms with Crippen molar-refractivity contribution in [2.24, 2.45) is 0 Å². The smallest absolute Gasteiger partial charge is 0.160 e. The van der Waals surface area contributed by atoms with Gasteiger partial charge in [0.15, 0.2) is 5.65 Å². The highest BCUT2D eigenvalue weighted by molar-refractivity contribution is 5.70. The molecule has 0 aliphatic heterocycles. The molecule has 144 valence electrons. The first-order valence-corrected chi connectivity index (χ1v) is 9.74. The van der Waals surface area contributed by atoms with Crippen molar-refractivity contribution in [3.05, 3.63) is 83.2 Å². The predicted octanol–water partition coefficient (Wildman–Crippen LogP) is 4.78. The molecule has 0 bridgehead atoms. The quantitative estimate of drug-likeness (QED) is 0.499. The lowest BCUT2D eigenvalue weighted by atomic mass is 9.99. The number of nitrogens with zero attached hydrogens (tertiary/aromatic N) is 5. The first kappa shape index (κ1) is 18.7. The summed E-state index contributed by atoms with van der Waals surface area (Å²) in [6.07, 6.45) is 2.75. The molecule has 0 aliphatic rings. The summed E-state index contributed by atoms with van der Waals surface area (Å²) in [7, 11) is 2.07. The van der Waals surface area contributed by atoms with Crippen LogP contribution >= 0.6 is 0 Å². The molecule has 5 nitrogen and oxygen atoms in total. The Balaban J connectivity index is 1.62. The molecule has 2 heterocycles. The maximum absolute atomic E-state index is 9.34. The van der Waals surface area contributed by atoms with Crippen molar-refractivity contribution in [2.75, 3.05) is 11.9 Å². The van der Waals surface area contributed by atoms with E-state index in [1.165, 1.54) is 5.56 Å². The Hall–Kier alpha value is -3.65. The van der Waals surface area contributed by atoms with Crippen molar-refractivity contribution in [3.8, 4) is 17.2 Å². The third kappa shape index (κ3) is 3.57. The normalized spacial score (nSPS) is 10.8. The lowest BCUT2D eigenvalue weighted by Crippen LogP contribution is -2.20. The van der Waals surface area contributed by atoms with Crippen molar-refractivity contribution < 1.29 is 0 Å². The van der Waals surface area contributed by atoms with E-state index < -0.39 is 0 Å². The van der Waals surface area contributed by atoms with Gasteiger partial charge in [-0.25, -0.2) is 4.98 Å². The third-order valence-electron chi connectivity index (χ3n) is 5.17. The molecule has 29 heavy (non-hydrogen) atoms. The van der Waals surface area contributed by atoms with E-state index in [9.17, 15) is 5.26 Å². The predicted molar refractivity (Wildman–Crippen MR) is 116 cm³/mol. The molecule has 5 heteroatoms. The van der Waals surface area contributed by atoms with Crippen LogP contribution in [-0.4, -0.2) is 21.6 Å². The minimum absolute atomic E-state index is 0.692. The minimum atomic E-state index is 0.692. The summed E-state index contributed by atoms with van der Waals surface area (Å²) < 4.78 is 1.91. The number of anilines is 1. The number of hydrogen-bond acceptors (Lipinski definition) is 4. The number of rotatable bonds is 5. The minimum Gasteiger partial charge on any atom is -0.355 e. The maximum atomic E-state index is 9.34. The van der Waals surface area contributed by atoms with Gasteiger partial charge in [0, 0.05) is 30.9 Å². The molecular formula is C24H23N5. The van der Waals surface area contributed by atoms with Crippen LogP contribution in [0.2, 0.25) is 0 Å². The second-order valence-electron chi connectivity index (χ2n) is 7.23. The van der Waals surface area contributed by atoms with E-state index in [1.807, 2.05) is 41.9 Å². The Morgan fingerprint density at radius 2 is 1.86 bits per heavy atom. The Morgan fingerprint density at radius 3 is 2.59 bits per heavy atom. The number of aromatic nitrogens is 3. The number of nitriles is 1. The Kier molecular flexibility index (Phi) is 5.01. The van der Waals surface area contributed by atoms with Crippen LogP contribution in [0.4, 0.5) is 5.82 Å². The Labute approximate surface area is 170 Å². The molecule has 0 N–H and O–H groups in total. The second kappa shape index (κ2) is 7.76. The van der Waals surface area contributed by atoms with Crippen LogP contribution in [0.25, 0.3) is 16.8 Å². The molecule has 0 radical (unpaired) electrons. The molecule has 0 amide bonds. The lowest BCUT2D eigenvalue weighted by molar-refractivity contribution is 0.822. The van der Waals surface area contributed by atoms with Crippen LogP contribution in [0.1, 0.15) is 29.3 Å². The van der Waals surface area contributed by atoms with Gasteiger partial charge in [0.05, 0.1) is 17.8 Å². The lowest BCUT2D eigenvalue weighted by Gasteiger charge is -2.21. The van der Waals surface area contributed by atoms with Gasteiger partial charge in [-0.3, -0.25) is 0 Å². The molecule has 2 aromatic heterocycles. The molecule has 0 atom stereocenters. The molecule has 0 unspecified atom stereocenters. The van der Waals surface area contributed by atoms with E-state index in [2.05, 4.69) is 60.4 Å². The van der Waals surface area contributed by atoms with Gasteiger partial charge < -0.3 is 4.90 Å². The van der Waals surface area contributed by atoms with Gasteiger partial charge in [0.1, 0.15) is 5.82 Å². The van der Waals surface area contributed by atoms with E-state index in [-0.39, 0.29) is 0 Å².